The molecular weight excluding hydrogens is 257 g/mol. The molecule has 0 heterocycles. The Morgan fingerprint density at radius 1 is 1.24 bits per heavy atom. The number of hydrogen-bond donors (Lipinski definition) is 2. The molecule has 0 bridgehead atoms. The van der Waals surface area contributed by atoms with Gasteiger partial charge in [0.1, 0.15) is 0 Å². The number of hydrogen-bond acceptors (Lipinski definition) is 2. The predicted octanol–water partition coefficient (Wildman–Crippen LogP) is 3.56. The van der Waals surface area contributed by atoms with E-state index < -0.39 is 12.1 Å². The van der Waals surface area contributed by atoms with Crippen LogP contribution in [0.1, 0.15) is 38.3 Å². The molecule has 98 valence electrons. The van der Waals surface area contributed by atoms with Crippen LogP contribution in [0, 0.1) is 5.92 Å². The summed E-state index contributed by atoms with van der Waals surface area (Å²) in [5.41, 5.74) is 6.81. The molecule has 4 heteroatoms. The highest BCUT2D eigenvalue weighted by Crippen LogP contribution is 2.25. The van der Waals surface area contributed by atoms with Crippen molar-refractivity contribution in [2.24, 2.45) is 11.7 Å². The highest BCUT2D eigenvalue weighted by molar-refractivity contribution is 6.31. The fourth-order valence-corrected chi connectivity index (χ4v) is 1.90. The van der Waals surface area contributed by atoms with Gasteiger partial charge in [0.15, 0.2) is 0 Å². The van der Waals surface area contributed by atoms with Crippen LogP contribution in [-0.4, -0.2) is 11.2 Å². The van der Waals surface area contributed by atoms with Crippen molar-refractivity contribution in [1.29, 1.82) is 0 Å². The maximum Gasteiger partial charge on any atom is 0.0733 e. The molecule has 1 rings (SSSR count). The lowest BCUT2D eigenvalue weighted by Gasteiger charge is -2.20. The summed E-state index contributed by atoms with van der Waals surface area (Å²) in [4.78, 5) is 0. The first kappa shape index (κ1) is 16.7. The smallest absolute Gasteiger partial charge is 0.0733 e. The molecule has 0 aliphatic carbocycles. The zero-order chi connectivity index (χ0) is 12.1. The van der Waals surface area contributed by atoms with Crippen LogP contribution in [0.5, 0.6) is 0 Å². The number of rotatable bonds is 5. The van der Waals surface area contributed by atoms with Crippen molar-refractivity contribution in [1.82, 2.24) is 0 Å². The van der Waals surface area contributed by atoms with Crippen LogP contribution in [0.15, 0.2) is 24.3 Å². The normalized spacial score (nSPS) is 14.2. The van der Waals surface area contributed by atoms with Gasteiger partial charge in [-0.2, -0.15) is 0 Å². The second-order valence-electron chi connectivity index (χ2n) is 4.59. The molecule has 2 atom stereocenters. The van der Waals surface area contributed by atoms with E-state index in [9.17, 15) is 5.11 Å². The lowest BCUT2D eigenvalue weighted by atomic mass is 9.96. The van der Waals surface area contributed by atoms with Crippen molar-refractivity contribution >= 4 is 24.0 Å². The zero-order valence-corrected chi connectivity index (χ0v) is 11.8. The molecule has 2 nitrogen and oxygen atoms in total. The highest BCUT2D eigenvalue weighted by Gasteiger charge is 2.18. The Bertz CT molecular complexity index is 331. The number of aliphatic hydroxyl groups is 1. The van der Waals surface area contributed by atoms with E-state index in [-0.39, 0.29) is 12.4 Å². The van der Waals surface area contributed by atoms with Crippen molar-refractivity contribution in [3.63, 3.8) is 0 Å². The van der Waals surface area contributed by atoms with E-state index in [1.807, 2.05) is 18.2 Å². The van der Waals surface area contributed by atoms with Crippen LogP contribution < -0.4 is 5.73 Å². The molecular formula is C13H21Cl2NO. The summed E-state index contributed by atoms with van der Waals surface area (Å²) >= 11 is 6.03. The van der Waals surface area contributed by atoms with Crippen molar-refractivity contribution in [3.05, 3.63) is 34.9 Å². The Morgan fingerprint density at radius 3 is 2.35 bits per heavy atom. The minimum atomic E-state index is -0.526. The van der Waals surface area contributed by atoms with E-state index in [1.165, 1.54) is 0 Å². The first-order valence-corrected chi connectivity index (χ1v) is 6.08. The van der Waals surface area contributed by atoms with Crippen LogP contribution >= 0.6 is 24.0 Å². The Labute approximate surface area is 115 Å². The van der Waals surface area contributed by atoms with Gasteiger partial charge in [0.05, 0.1) is 12.1 Å². The molecule has 0 saturated carbocycles. The Balaban J connectivity index is 0.00000256. The van der Waals surface area contributed by atoms with E-state index in [1.54, 1.807) is 6.07 Å². The molecule has 3 N–H and O–H groups in total. The van der Waals surface area contributed by atoms with Crippen LogP contribution in [0.25, 0.3) is 0 Å². The fraction of sp³-hybridized carbons (Fsp3) is 0.538. The van der Waals surface area contributed by atoms with Crippen LogP contribution in [-0.2, 0) is 0 Å². The van der Waals surface area contributed by atoms with Gasteiger partial charge in [0.25, 0.3) is 0 Å². The monoisotopic (exact) mass is 277 g/mol. The number of nitrogens with two attached hydrogens (primary N) is 1. The Hall–Kier alpha value is -0.280. The summed E-state index contributed by atoms with van der Waals surface area (Å²) in [7, 11) is 0. The summed E-state index contributed by atoms with van der Waals surface area (Å²) in [6, 6.07) is 7.01. The zero-order valence-electron chi connectivity index (χ0n) is 10.3. The van der Waals surface area contributed by atoms with Gasteiger partial charge in [-0.25, -0.2) is 0 Å². The fourth-order valence-electron chi connectivity index (χ4n) is 1.64. The molecule has 0 spiro atoms. The van der Waals surface area contributed by atoms with Crippen molar-refractivity contribution in [2.75, 3.05) is 0 Å². The van der Waals surface area contributed by atoms with Gasteiger partial charge in [-0.15, -0.1) is 12.4 Å². The average Bonchev–Trinajstić information content (AvgIpc) is 2.25. The van der Waals surface area contributed by atoms with Gasteiger partial charge >= 0.3 is 0 Å². The topological polar surface area (TPSA) is 46.2 Å². The standard InChI is InChI=1S/C13H20ClNO.ClH/c1-9(2)7-8-12(16)13(15)10-5-3-4-6-11(10)14;/h3-6,9,12-13,16H,7-8,15H2,1-2H3;1H/t12-,13+;/m0./s1. The van der Waals surface area contributed by atoms with Crippen LogP contribution in [0.3, 0.4) is 0 Å². The summed E-state index contributed by atoms with van der Waals surface area (Å²) in [6.07, 6.45) is 1.16. The van der Waals surface area contributed by atoms with Gasteiger partial charge in [-0.3, -0.25) is 0 Å². The maximum absolute atomic E-state index is 9.96. The number of halogens is 2. The largest absolute Gasteiger partial charge is 0.391 e. The van der Waals surface area contributed by atoms with E-state index in [2.05, 4.69) is 13.8 Å². The molecule has 0 amide bonds. The maximum atomic E-state index is 9.96. The third-order valence-corrected chi connectivity index (χ3v) is 3.06. The minimum absolute atomic E-state index is 0. The molecule has 17 heavy (non-hydrogen) atoms. The lowest BCUT2D eigenvalue weighted by Crippen LogP contribution is -2.26. The van der Waals surface area contributed by atoms with Crippen LogP contribution in [0.4, 0.5) is 0 Å². The number of benzene rings is 1. The molecule has 0 aliphatic rings. The van der Waals surface area contributed by atoms with Gasteiger partial charge in [0, 0.05) is 5.02 Å². The molecule has 0 unspecified atom stereocenters. The molecule has 0 aromatic heterocycles. The van der Waals surface area contributed by atoms with Gasteiger partial charge in [-0.1, -0.05) is 43.6 Å². The lowest BCUT2D eigenvalue weighted by molar-refractivity contribution is 0.128. The van der Waals surface area contributed by atoms with Gasteiger partial charge < -0.3 is 10.8 Å². The Morgan fingerprint density at radius 2 is 1.82 bits per heavy atom. The van der Waals surface area contributed by atoms with Crippen molar-refractivity contribution in [3.8, 4) is 0 Å². The van der Waals surface area contributed by atoms with Gasteiger partial charge in [0.2, 0.25) is 0 Å². The van der Waals surface area contributed by atoms with E-state index >= 15 is 0 Å². The van der Waals surface area contributed by atoms with Crippen LogP contribution in [0.2, 0.25) is 5.02 Å². The molecule has 1 aromatic carbocycles. The molecule has 1 aromatic rings. The predicted molar refractivity (Wildman–Crippen MR) is 75.7 cm³/mol. The molecule has 0 fully saturated rings. The van der Waals surface area contributed by atoms with Gasteiger partial charge in [-0.05, 0) is 30.4 Å². The molecule has 0 radical (unpaired) electrons. The second kappa shape index (κ2) is 7.93. The minimum Gasteiger partial charge on any atom is -0.391 e. The SMILES string of the molecule is CC(C)CC[C@H](O)[C@H](N)c1ccccc1Cl.Cl. The quantitative estimate of drug-likeness (QED) is 0.865. The summed E-state index contributed by atoms with van der Waals surface area (Å²) in [5.74, 6) is 0.577. The van der Waals surface area contributed by atoms with E-state index in [0.29, 0.717) is 17.4 Å². The summed E-state index contributed by atoms with van der Waals surface area (Å²) in [6.45, 7) is 4.27. The van der Waals surface area contributed by atoms with E-state index in [0.717, 1.165) is 12.0 Å². The van der Waals surface area contributed by atoms with E-state index in [4.69, 9.17) is 17.3 Å². The molecule has 0 saturated heterocycles. The van der Waals surface area contributed by atoms with Crippen molar-refractivity contribution in [2.45, 2.75) is 38.8 Å². The number of aliphatic hydroxyl groups excluding tert-OH is 1. The third-order valence-electron chi connectivity index (χ3n) is 2.72. The molecule has 0 aliphatic heterocycles. The average molecular weight is 278 g/mol. The summed E-state index contributed by atoms with van der Waals surface area (Å²) < 4.78 is 0. The summed E-state index contributed by atoms with van der Waals surface area (Å²) in [5, 5.41) is 10.6. The second-order valence-corrected chi connectivity index (χ2v) is 4.99. The third kappa shape index (κ3) is 5.26. The highest BCUT2D eigenvalue weighted by atomic mass is 35.5. The van der Waals surface area contributed by atoms with Crippen molar-refractivity contribution < 1.29 is 5.11 Å². The first-order valence-electron chi connectivity index (χ1n) is 5.70. The Kier molecular flexibility index (Phi) is 7.80. The first-order chi connectivity index (χ1) is 7.52.